The van der Waals surface area contributed by atoms with Crippen LogP contribution in [0.25, 0.3) is 0 Å². The number of methoxy groups -OCH3 is 1. The van der Waals surface area contributed by atoms with E-state index in [-0.39, 0.29) is 0 Å². The Morgan fingerprint density at radius 2 is 1.88 bits per heavy atom. The minimum Gasteiger partial charge on any atom is -0.554 e. The van der Waals surface area contributed by atoms with Crippen LogP contribution in [0, 0.1) is 0 Å². The van der Waals surface area contributed by atoms with Gasteiger partial charge in [-0.3, -0.25) is 0 Å². The van der Waals surface area contributed by atoms with Gasteiger partial charge < -0.3 is 24.5 Å². The molecule has 0 unspecified atom stereocenters. The molecule has 5 nitrogen and oxygen atoms in total. The fourth-order valence-electron chi connectivity index (χ4n) is 0. The maximum absolute atomic E-state index is 9.03. The molecular weight excluding hydrogens is 116 g/mol. The lowest BCUT2D eigenvalue weighted by Gasteiger charge is -1.92. The van der Waals surface area contributed by atoms with Crippen molar-refractivity contribution in [2.45, 2.75) is 0 Å². The Hall–Kier alpha value is -1.26. The third-order valence-electron chi connectivity index (χ3n) is 0.167. The standard InChI is InChI=1S/C2H4O3.CH2O2/c1-5-2(3)4;2-1-3/h1H3,(H,3,4);1H,(H,2,3)/p-2. The molecule has 0 aromatic carbocycles. The van der Waals surface area contributed by atoms with E-state index in [2.05, 4.69) is 4.74 Å². The molecule has 0 atom stereocenters. The Kier molecular flexibility index (Phi) is 11.4. The summed E-state index contributed by atoms with van der Waals surface area (Å²) < 4.78 is 3.56. The summed E-state index contributed by atoms with van der Waals surface area (Å²) in [7, 11) is 1.04. The number of hydrogen-bond donors (Lipinski definition) is 0. The van der Waals surface area contributed by atoms with Crippen molar-refractivity contribution in [3.05, 3.63) is 0 Å². The number of hydrogen-bond acceptors (Lipinski definition) is 5. The fraction of sp³-hybridized carbons (Fsp3) is 0.333. The molecule has 0 heterocycles. The van der Waals surface area contributed by atoms with Gasteiger partial charge in [0.25, 0.3) is 6.16 Å². The van der Waals surface area contributed by atoms with Crippen LogP contribution >= 0.6 is 0 Å². The van der Waals surface area contributed by atoms with Crippen molar-refractivity contribution in [1.82, 2.24) is 0 Å². The molecule has 48 valence electrons. The zero-order valence-electron chi connectivity index (χ0n) is 4.12. The van der Waals surface area contributed by atoms with E-state index in [1.807, 2.05) is 0 Å². The summed E-state index contributed by atoms with van der Waals surface area (Å²) in [4.78, 5) is 17.3. The Bertz CT molecular complexity index is 68.1. The molecule has 0 bridgehead atoms. The molecular formula is C3H4O5-2. The zero-order valence-corrected chi connectivity index (χ0v) is 4.12. The second-order valence-corrected chi connectivity index (χ2v) is 0.550. The van der Waals surface area contributed by atoms with Crippen molar-refractivity contribution in [1.29, 1.82) is 0 Å². The first-order chi connectivity index (χ1) is 3.68. The minimum absolute atomic E-state index is 0.500. The fourth-order valence-corrected chi connectivity index (χ4v) is 0. The van der Waals surface area contributed by atoms with E-state index in [4.69, 9.17) is 19.8 Å². The van der Waals surface area contributed by atoms with Crippen molar-refractivity contribution in [3.8, 4) is 0 Å². The first-order valence-electron chi connectivity index (χ1n) is 1.49. The highest BCUT2D eigenvalue weighted by Gasteiger charge is 1.63. The first-order valence-corrected chi connectivity index (χ1v) is 1.49. The molecule has 0 aliphatic rings. The number of rotatable bonds is 0. The molecule has 0 N–H and O–H groups in total. The summed E-state index contributed by atoms with van der Waals surface area (Å²) in [6.07, 6.45) is -1.50. The highest BCUT2D eigenvalue weighted by molar-refractivity contribution is 5.53. The highest BCUT2D eigenvalue weighted by Crippen LogP contribution is 1.53. The lowest BCUT2D eigenvalue weighted by molar-refractivity contribution is -0.283. The van der Waals surface area contributed by atoms with Crippen molar-refractivity contribution in [2.75, 3.05) is 7.11 Å². The maximum atomic E-state index is 9.03. The molecule has 0 aromatic heterocycles. The van der Waals surface area contributed by atoms with Crippen molar-refractivity contribution < 1.29 is 24.5 Å². The molecule has 0 radical (unpaired) electrons. The summed E-state index contributed by atoms with van der Waals surface area (Å²) in [5, 5.41) is 17.3. The van der Waals surface area contributed by atoms with Crippen LogP contribution in [0.1, 0.15) is 0 Å². The van der Waals surface area contributed by atoms with Gasteiger partial charge in [0.15, 0.2) is 0 Å². The normalized spacial score (nSPS) is 5.62. The van der Waals surface area contributed by atoms with Crippen LogP contribution in [0.4, 0.5) is 4.79 Å². The topological polar surface area (TPSA) is 89.5 Å². The summed E-state index contributed by atoms with van der Waals surface area (Å²) in [5.41, 5.74) is 0. The molecule has 8 heavy (non-hydrogen) atoms. The van der Waals surface area contributed by atoms with Gasteiger partial charge in [0.1, 0.15) is 0 Å². The number of carbonyl (C=O) groups excluding carboxylic acids is 2. The van der Waals surface area contributed by atoms with Gasteiger partial charge in [-0.25, -0.2) is 0 Å². The summed E-state index contributed by atoms with van der Waals surface area (Å²) in [6, 6.07) is 0. The van der Waals surface area contributed by atoms with E-state index in [0.717, 1.165) is 7.11 Å². The Balaban J connectivity index is 0. The zero-order chi connectivity index (χ0) is 6.99. The molecule has 0 spiro atoms. The van der Waals surface area contributed by atoms with Crippen LogP contribution in [0.5, 0.6) is 0 Å². The molecule has 0 amide bonds. The predicted molar refractivity (Wildman–Crippen MR) is 18.5 cm³/mol. The van der Waals surface area contributed by atoms with Gasteiger partial charge >= 0.3 is 0 Å². The molecule has 0 rings (SSSR count). The largest absolute Gasteiger partial charge is 0.554 e. The summed E-state index contributed by atoms with van der Waals surface area (Å²) >= 11 is 0. The Morgan fingerprint density at radius 1 is 1.75 bits per heavy atom. The molecule has 0 aliphatic carbocycles. The van der Waals surface area contributed by atoms with Crippen LogP contribution in [-0.4, -0.2) is 19.7 Å². The Labute approximate surface area is 45.5 Å². The molecule has 0 saturated heterocycles. The third-order valence-corrected chi connectivity index (χ3v) is 0.167. The van der Waals surface area contributed by atoms with Gasteiger partial charge in [0.2, 0.25) is 0 Å². The van der Waals surface area contributed by atoms with Crippen molar-refractivity contribution in [2.24, 2.45) is 0 Å². The highest BCUT2D eigenvalue weighted by atomic mass is 16.6. The number of ether oxygens (including phenoxy) is 1. The van der Waals surface area contributed by atoms with Crippen molar-refractivity contribution in [3.63, 3.8) is 0 Å². The second kappa shape index (κ2) is 9.22. The maximum Gasteiger partial charge on any atom is 0.251 e. The van der Waals surface area contributed by atoms with Gasteiger partial charge in [0, 0.05) is 13.6 Å². The quantitative estimate of drug-likeness (QED) is 0.257. The summed E-state index contributed by atoms with van der Waals surface area (Å²) in [5.74, 6) is 0. The molecule has 0 fully saturated rings. The number of carboxylic acid groups (broad SMARTS) is 2. The molecule has 0 aromatic rings. The van der Waals surface area contributed by atoms with Crippen LogP contribution in [-0.2, 0) is 9.53 Å². The average molecular weight is 120 g/mol. The monoisotopic (exact) mass is 120 g/mol. The molecule has 0 saturated carbocycles. The second-order valence-electron chi connectivity index (χ2n) is 0.550. The van der Waals surface area contributed by atoms with Gasteiger partial charge in [-0.1, -0.05) is 0 Å². The van der Waals surface area contributed by atoms with Crippen molar-refractivity contribution >= 4 is 12.6 Å². The summed E-state index contributed by atoms with van der Waals surface area (Å²) in [6.45, 7) is -0.500. The lowest BCUT2D eigenvalue weighted by Crippen LogP contribution is -2.21. The lowest BCUT2D eigenvalue weighted by atomic mass is 11.4. The SMILES string of the molecule is COC(=O)[O-].O=C[O-]. The van der Waals surface area contributed by atoms with Crippen LogP contribution in [0.15, 0.2) is 0 Å². The van der Waals surface area contributed by atoms with E-state index >= 15 is 0 Å². The average Bonchev–Trinajstić information content (AvgIpc) is 1.69. The van der Waals surface area contributed by atoms with Gasteiger partial charge in [-0.15, -0.1) is 0 Å². The predicted octanol–water partition coefficient (Wildman–Crippen LogP) is -2.66. The van der Waals surface area contributed by atoms with E-state index in [1.165, 1.54) is 0 Å². The van der Waals surface area contributed by atoms with Crippen LogP contribution < -0.4 is 10.2 Å². The smallest absolute Gasteiger partial charge is 0.251 e. The van der Waals surface area contributed by atoms with Crippen LogP contribution in [0.2, 0.25) is 0 Å². The molecule has 5 heteroatoms. The third kappa shape index (κ3) is 121. The van der Waals surface area contributed by atoms with E-state index in [1.54, 1.807) is 0 Å². The minimum atomic E-state index is -1.50. The first kappa shape index (κ1) is 9.88. The number of carbonyl (C=O) groups is 2. The molecule has 0 aliphatic heterocycles. The van der Waals surface area contributed by atoms with E-state index in [0.29, 0.717) is 0 Å². The van der Waals surface area contributed by atoms with E-state index < -0.39 is 12.6 Å². The van der Waals surface area contributed by atoms with E-state index in [9.17, 15) is 0 Å². The Morgan fingerprint density at radius 3 is 1.88 bits per heavy atom. The van der Waals surface area contributed by atoms with Gasteiger partial charge in [0.05, 0.1) is 0 Å². The van der Waals surface area contributed by atoms with Gasteiger partial charge in [-0.2, -0.15) is 0 Å². The van der Waals surface area contributed by atoms with Gasteiger partial charge in [-0.05, 0) is 0 Å². The van der Waals surface area contributed by atoms with Crippen LogP contribution in [0.3, 0.4) is 0 Å².